The van der Waals surface area contributed by atoms with Crippen molar-refractivity contribution in [2.75, 3.05) is 12.4 Å². The molecule has 0 bridgehead atoms. The molecular formula is C14H19BrN4SSi. The summed E-state index contributed by atoms with van der Waals surface area (Å²) >= 11 is 5.30. The molecule has 1 aromatic heterocycles. The van der Waals surface area contributed by atoms with Crippen LogP contribution in [0, 0.1) is 0 Å². The minimum Gasteiger partial charge on any atom is -0.281 e. The first-order chi connectivity index (χ1) is 9.90. The highest BCUT2D eigenvalue weighted by Crippen LogP contribution is 2.24. The van der Waals surface area contributed by atoms with Gasteiger partial charge in [0.25, 0.3) is 0 Å². The molecular weight excluding hydrogens is 364 g/mol. The molecule has 0 amide bonds. The topological polar surface area (TPSA) is 43.1 Å². The third-order valence-corrected chi connectivity index (χ3v) is 5.24. The van der Waals surface area contributed by atoms with Gasteiger partial charge in [0.15, 0.2) is 0 Å². The lowest BCUT2D eigenvalue weighted by molar-refractivity contribution is 0.874. The summed E-state index contributed by atoms with van der Waals surface area (Å²) in [6.45, 7) is 6.99. The van der Waals surface area contributed by atoms with Gasteiger partial charge in [0.1, 0.15) is 12.7 Å². The fourth-order valence-electron chi connectivity index (χ4n) is 1.74. The molecule has 7 heteroatoms. The molecule has 1 heterocycles. The second kappa shape index (κ2) is 6.89. The van der Waals surface area contributed by atoms with Crippen molar-refractivity contribution >= 4 is 40.8 Å². The Morgan fingerprint density at radius 3 is 2.67 bits per heavy atom. The third kappa shape index (κ3) is 4.52. The molecule has 0 aliphatic heterocycles. The number of rotatable bonds is 4. The first-order valence-corrected chi connectivity index (χ1v) is 12.4. The van der Waals surface area contributed by atoms with Gasteiger partial charge < -0.3 is 0 Å². The number of thioether (sulfide) groups is 1. The van der Waals surface area contributed by atoms with Crippen LogP contribution in [0.2, 0.25) is 19.6 Å². The summed E-state index contributed by atoms with van der Waals surface area (Å²) in [6, 6.07) is 6.21. The van der Waals surface area contributed by atoms with Crippen LogP contribution in [0.25, 0.3) is 5.69 Å². The van der Waals surface area contributed by atoms with Gasteiger partial charge in [-0.3, -0.25) is 4.99 Å². The summed E-state index contributed by atoms with van der Waals surface area (Å²) in [6.07, 6.45) is 6.24. The zero-order chi connectivity index (χ0) is 15.5. The molecule has 0 fully saturated rings. The molecule has 0 spiro atoms. The fourth-order valence-corrected chi connectivity index (χ4v) is 3.60. The third-order valence-electron chi connectivity index (χ3n) is 2.75. The molecule has 0 N–H and O–H groups in total. The molecule has 0 atom stereocenters. The molecule has 0 saturated carbocycles. The first kappa shape index (κ1) is 16.4. The number of aliphatic imine (C=N–C) groups is 1. The summed E-state index contributed by atoms with van der Waals surface area (Å²) in [5, 5.41) is 5.24. The van der Waals surface area contributed by atoms with Crippen LogP contribution >= 0.6 is 27.7 Å². The van der Waals surface area contributed by atoms with Crippen LogP contribution in [-0.2, 0) is 0 Å². The van der Waals surface area contributed by atoms with Gasteiger partial charge in [-0.15, -0.1) is 11.8 Å². The Kier molecular flexibility index (Phi) is 5.40. The Hall–Kier alpha value is -0.923. The van der Waals surface area contributed by atoms with E-state index in [9.17, 15) is 0 Å². The van der Waals surface area contributed by atoms with E-state index >= 15 is 0 Å². The van der Waals surface area contributed by atoms with Crippen molar-refractivity contribution in [3.8, 4) is 5.69 Å². The van der Waals surface area contributed by atoms with Gasteiger partial charge in [-0.05, 0) is 34.3 Å². The predicted molar refractivity (Wildman–Crippen MR) is 97.3 cm³/mol. The Morgan fingerprint density at radius 2 is 2.14 bits per heavy atom. The predicted octanol–water partition coefficient (Wildman–Crippen LogP) is 4.02. The van der Waals surface area contributed by atoms with E-state index in [1.54, 1.807) is 22.8 Å². The van der Waals surface area contributed by atoms with E-state index < -0.39 is 8.07 Å². The van der Waals surface area contributed by atoms with Gasteiger partial charge in [0.2, 0.25) is 0 Å². The van der Waals surface area contributed by atoms with Gasteiger partial charge >= 0.3 is 0 Å². The molecule has 0 aliphatic rings. The highest BCUT2D eigenvalue weighted by molar-refractivity contribution is 9.10. The number of benzene rings is 1. The maximum atomic E-state index is 4.80. The Labute approximate surface area is 139 Å². The van der Waals surface area contributed by atoms with Crippen molar-refractivity contribution in [3.63, 3.8) is 0 Å². The molecule has 112 valence electrons. The van der Waals surface area contributed by atoms with E-state index in [2.05, 4.69) is 64.0 Å². The van der Waals surface area contributed by atoms with Crippen molar-refractivity contribution in [3.05, 3.63) is 40.9 Å². The van der Waals surface area contributed by atoms with E-state index in [-0.39, 0.29) is 0 Å². The van der Waals surface area contributed by atoms with Crippen LogP contribution in [0.5, 0.6) is 0 Å². The minimum absolute atomic E-state index is 0.950. The number of aromatic nitrogens is 3. The van der Waals surface area contributed by atoms with Crippen LogP contribution in [0.4, 0.5) is 0 Å². The maximum absolute atomic E-state index is 4.80. The highest BCUT2D eigenvalue weighted by Gasteiger charge is 2.13. The van der Waals surface area contributed by atoms with Crippen molar-refractivity contribution in [1.82, 2.24) is 14.8 Å². The van der Waals surface area contributed by atoms with Crippen molar-refractivity contribution in [1.29, 1.82) is 0 Å². The number of halogens is 1. The van der Waals surface area contributed by atoms with E-state index in [1.165, 1.54) is 6.33 Å². The largest absolute Gasteiger partial charge is 0.281 e. The van der Waals surface area contributed by atoms with Crippen LogP contribution in [0.3, 0.4) is 0 Å². The second-order valence-corrected chi connectivity index (χ2v) is 13.0. The van der Waals surface area contributed by atoms with Gasteiger partial charge in [0, 0.05) is 16.2 Å². The van der Waals surface area contributed by atoms with Crippen LogP contribution in [-0.4, -0.2) is 40.3 Å². The molecule has 0 unspecified atom stereocenters. The van der Waals surface area contributed by atoms with Gasteiger partial charge in [-0.1, -0.05) is 25.7 Å². The standard InChI is InChI=1S/C14H19BrN4SSi/c1-20-14(17-10-21(2,3)4)11-5-6-13(12(15)7-11)19-9-16-8-18-19/h5-9H,10H2,1-4H3/b17-14-. The first-order valence-electron chi connectivity index (χ1n) is 6.64. The van der Waals surface area contributed by atoms with E-state index in [0.717, 1.165) is 26.9 Å². The Bertz CT molecular complexity index is 635. The average Bonchev–Trinajstić information content (AvgIpc) is 2.92. The number of hydrogen-bond donors (Lipinski definition) is 0. The smallest absolute Gasteiger partial charge is 0.138 e. The van der Waals surface area contributed by atoms with Crippen LogP contribution in [0.1, 0.15) is 5.56 Å². The van der Waals surface area contributed by atoms with Crippen molar-refractivity contribution < 1.29 is 0 Å². The molecule has 4 nitrogen and oxygen atoms in total. The maximum Gasteiger partial charge on any atom is 0.138 e. The molecule has 2 aromatic rings. The van der Waals surface area contributed by atoms with Crippen LogP contribution < -0.4 is 0 Å². The van der Waals surface area contributed by atoms with Gasteiger partial charge in [-0.2, -0.15) is 5.10 Å². The quantitative estimate of drug-likeness (QED) is 0.455. The summed E-state index contributed by atoms with van der Waals surface area (Å²) in [7, 11) is -1.17. The summed E-state index contributed by atoms with van der Waals surface area (Å²) < 4.78 is 2.73. The number of hydrogen-bond acceptors (Lipinski definition) is 4. The second-order valence-electron chi connectivity index (χ2n) is 5.89. The highest BCUT2D eigenvalue weighted by atomic mass is 79.9. The monoisotopic (exact) mass is 382 g/mol. The molecule has 0 aliphatic carbocycles. The molecule has 21 heavy (non-hydrogen) atoms. The lowest BCUT2D eigenvalue weighted by atomic mass is 10.2. The fraction of sp³-hybridized carbons (Fsp3) is 0.357. The summed E-state index contributed by atoms with van der Waals surface area (Å²) in [4.78, 5) is 8.78. The zero-order valence-electron chi connectivity index (χ0n) is 12.7. The molecule has 1 aromatic carbocycles. The zero-order valence-corrected chi connectivity index (χ0v) is 16.1. The minimum atomic E-state index is -1.17. The normalized spacial score (nSPS) is 12.7. The lowest BCUT2D eigenvalue weighted by Crippen LogP contribution is -2.25. The molecule has 2 rings (SSSR count). The van der Waals surface area contributed by atoms with Gasteiger partial charge in [-0.25, -0.2) is 9.67 Å². The summed E-state index contributed by atoms with van der Waals surface area (Å²) in [5.74, 6) is 0. The Morgan fingerprint density at radius 1 is 1.38 bits per heavy atom. The molecule has 0 radical (unpaired) electrons. The van der Waals surface area contributed by atoms with E-state index in [1.807, 2.05) is 6.07 Å². The van der Waals surface area contributed by atoms with Crippen LogP contribution in [0.15, 0.2) is 40.3 Å². The average molecular weight is 383 g/mol. The van der Waals surface area contributed by atoms with Crippen molar-refractivity contribution in [2.45, 2.75) is 19.6 Å². The van der Waals surface area contributed by atoms with E-state index in [0.29, 0.717) is 0 Å². The summed E-state index contributed by atoms with van der Waals surface area (Å²) in [5.41, 5.74) is 2.11. The van der Waals surface area contributed by atoms with Crippen molar-refractivity contribution in [2.24, 2.45) is 4.99 Å². The number of nitrogens with zero attached hydrogens (tertiary/aromatic N) is 4. The SMILES string of the molecule is CS/C(=N\C[Si](C)(C)C)c1ccc(-n2cncn2)c(Br)c1. The van der Waals surface area contributed by atoms with E-state index in [4.69, 9.17) is 4.99 Å². The lowest BCUT2D eigenvalue weighted by Gasteiger charge is -2.14. The Balaban J connectivity index is 2.30. The molecule has 0 saturated heterocycles. The van der Waals surface area contributed by atoms with Gasteiger partial charge in [0.05, 0.1) is 18.8 Å².